The van der Waals surface area contributed by atoms with E-state index >= 15 is 0 Å². The van der Waals surface area contributed by atoms with Crippen LogP contribution in [0.25, 0.3) is 22.3 Å². The van der Waals surface area contributed by atoms with Crippen LogP contribution in [0, 0.1) is 0 Å². The van der Waals surface area contributed by atoms with Crippen LogP contribution in [0.5, 0.6) is 5.75 Å². The first-order chi connectivity index (χ1) is 20.2. The van der Waals surface area contributed by atoms with Gasteiger partial charge in [-0.2, -0.15) is 0 Å². The molecule has 41 heavy (non-hydrogen) atoms. The van der Waals surface area contributed by atoms with Crippen LogP contribution in [0.3, 0.4) is 0 Å². The van der Waals surface area contributed by atoms with Crippen LogP contribution in [0.4, 0.5) is 0 Å². The highest BCUT2D eigenvalue weighted by atomic mass is 79.9. The first-order valence-electron chi connectivity index (χ1n) is 13.6. The predicted octanol–water partition coefficient (Wildman–Crippen LogP) is 7.76. The third-order valence-corrected chi connectivity index (χ3v) is 6.95. The smallest absolute Gasteiger partial charge is 0.133 e. The average molecular weight is 630 g/mol. The molecule has 0 radical (unpaired) electrons. The van der Waals surface area contributed by atoms with E-state index in [1.165, 1.54) is 16.7 Å². The second-order valence-corrected chi connectivity index (χ2v) is 10.4. The molecule has 0 aliphatic heterocycles. The molecule has 0 fully saturated rings. The Morgan fingerprint density at radius 1 is 0.610 bits per heavy atom. The standard InChI is InChI=1S/C20H19BrN2O.C14H15ClN2/c21-19-8-4-5-9-20(19)24-11-10-22-13-16-12-18(15-23-14-16)17-6-2-1-3-7-17;15-6-7-16-9-12-8-14(11-17-10-12)13-4-2-1-3-5-13/h1-9,12,14-15,22H,10-11,13H2;1-5,8,10-11,16H,6-7,9H2. The predicted molar refractivity (Wildman–Crippen MR) is 173 cm³/mol. The Hall–Kier alpha value is -3.55. The van der Waals surface area contributed by atoms with Gasteiger partial charge in [-0.05, 0) is 62.4 Å². The van der Waals surface area contributed by atoms with Crippen molar-refractivity contribution in [3.63, 3.8) is 0 Å². The third-order valence-electron chi connectivity index (χ3n) is 6.11. The quantitative estimate of drug-likeness (QED) is 0.109. The van der Waals surface area contributed by atoms with Crippen molar-refractivity contribution < 1.29 is 4.74 Å². The first kappa shape index (κ1) is 30.4. The highest BCUT2D eigenvalue weighted by Crippen LogP contribution is 2.23. The molecule has 0 unspecified atom stereocenters. The summed E-state index contributed by atoms with van der Waals surface area (Å²) in [4.78, 5) is 8.61. The topological polar surface area (TPSA) is 59.1 Å². The molecule has 3 aromatic carbocycles. The Morgan fingerprint density at radius 3 is 1.66 bits per heavy atom. The van der Waals surface area contributed by atoms with E-state index in [-0.39, 0.29) is 0 Å². The van der Waals surface area contributed by atoms with Gasteiger partial charge in [-0.15, -0.1) is 11.6 Å². The van der Waals surface area contributed by atoms with Crippen molar-refractivity contribution in [3.8, 4) is 28.0 Å². The van der Waals surface area contributed by atoms with Crippen molar-refractivity contribution >= 4 is 27.5 Å². The lowest BCUT2D eigenvalue weighted by Crippen LogP contribution is -2.20. The van der Waals surface area contributed by atoms with Crippen LogP contribution in [-0.2, 0) is 13.1 Å². The SMILES string of the molecule is Brc1ccccc1OCCNCc1cncc(-c2ccccc2)c1.ClCCNCc1cncc(-c2ccccc2)c1. The molecule has 0 atom stereocenters. The lowest BCUT2D eigenvalue weighted by Gasteiger charge is -2.09. The maximum absolute atomic E-state index is 5.74. The molecule has 0 aliphatic rings. The number of halogens is 2. The summed E-state index contributed by atoms with van der Waals surface area (Å²) >= 11 is 9.10. The zero-order valence-corrected chi connectivity index (χ0v) is 25.2. The maximum atomic E-state index is 5.74. The van der Waals surface area contributed by atoms with Crippen molar-refractivity contribution in [2.75, 3.05) is 25.6 Å². The maximum Gasteiger partial charge on any atom is 0.133 e. The van der Waals surface area contributed by atoms with Gasteiger partial charge in [-0.25, -0.2) is 0 Å². The number of pyridine rings is 2. The Labute approximate surface area is 256 Å². The van der Waals surface area contributed by atoms with Crippen molar-refractivity contribution in [3.05, 3.63) is 137 Å². The van der Waals surface area contributed by atoms with E-state index in [1.54, 1.807) is 0 Å². The van der Waals surface area contributed by atoms with Gasteiger partial charge in [0.25, 0.3) is 0 Å². The first-order valence-corrected chi connectivity index (χ1v) is 14.9. The summed E-state index contributed by atoms with van der Waals surface area (Å²) in [5, 5.41) is 6.65. The second-order valence-electron chi connectivity index (χ2n) is 9.22. The van der Waals surface area contributed by atoms with Crippen LogP contribution in [-0.4, -0.2) is 35.5 Å². The molecule has 2 N–H and O–H groups in total. The van der Waals surface area contributed by atoms with Gasteiger partial charge >= 0.3 is 0 Å². The Kier molecular flexibility index (Phi) is 12.8. The van der Waals surface area contributed by atoms with E-state index in [0.29, 0.717) is 12.5 Å². The number of para-hydroxylation sites is 1. The minimum atomic E-state index is 0.619. The van der Waals surface area contributed by atoms with Crippen LogP contribution in [0.2, 0.25) is 0 Å². The molecular formula is C34H34BrClN4O. The number of aromatic nitrogens is 2. The second kappa shape index (κ2) is 17.3. The number of alkyl halides is 1. The molecule has 0 bridgehead atoms. The zero-order chi connectivity index (χ0) is 28.5. The summed E-state index contributed by atoms with van der Waals surface area (Å²) in [5.41, 5.74) is 7.01. The molecule has 210 valence electrons. The summed E-state index contributed by atoms with van der Waals surface area (Å²) in [6, 6.07) is 32.8. The van der Waals surface area contributed by atoms with Gasteiger partial charge in [0, 0.05) is 68.0 Å². The van der Waals surface area contributed by atoms with Crippen molar-refractivity contribution in [2.24, 2.45) is 0 Å². The van der Waals surface area contributed by atoms with E-state index in [1.807, 2.05) is 85.5 Å². The Balaban J connectivity index is 0.000000201. The molecule has 5 aromatic rings. The molecule has 0 saturated carbocycles. The van der Waals surface area contributed by atoms with Gasteiger partial charge < -0.3 is 15.4 Å². The van der Waals surface area contributed by atoms with Crippen LogP contribution >= 0.6 is 27.5 Å². The van der Waals surface area contributed by atoms with Crippen LogP contribution < -0.4 is 15.4 Å². The fraction of sp³-hybridized carbons (Fsp3) is 0.176. The number of benzene rings is 3. The average Bonchev–Trinajstić information content (AvgIpc) is 3.03. The van der Waals surface area contributed by atoms with Gasteiger partial charge in [-0.1, -0.05) is 72.8 Å². The number of ether oxygens (including phenoxy) is 1. The summed E-state index contributed by atoms with van der Waals surface area (Å²) < 4.78 is 6.72. The lowest BCUT2D eigenvalue weighted by atomic mass is 10.1. The van der Waals surface area contributed by atoms with Gasteiger partial charge in [-0.3, -0.25) is 9.97 Å². The number of nitrogens with one attached hydrogen (secondary N) is 2. The summed E-state index contributed by atoms with van der Waals surface area (Å²) in [6.07, 6.45) is 7.57. The number of rotatable bonds is 12. The summed E-state index contributed by atoms with van der Waals surface area (Å²) in [6.45, 7) is 3.79. The summed E-state index contributed by atoms with van der Waals surface area (Å²) in [7, 11) is 0. The molecule has 0 amide bonds. The molecule has 5 nitrogen and oxygen atoms in total. The minimum absolute atomic E-state index is 0.619. The van der Waals surface area contributed by atoms with E-state index in [4.69, 9.17) is 16.3 Å². The Bertz CT molecular complexity index is 1450. The molecule has 0 spiro atoms. The molecular weight excluding hydrogens is 596 g/mol. The van der Waals surface area contributed by atoms with Crippen LogP contribution in [0.1, 0.15) is 11.1 Å². The highest BCUT2D eigenvalue weighted by molar-refractivity contribution is 9.10. The number of hydrogen-bond donors (Lipinski definition) is 2. The molecule has 0 saturated heterocycles. The van der Waals surface area contributed by atoms with E-state index in [9.17, 15) is 0 Å². The van der Waals surface area contributed by atoms with Crippen molar-refractivity contribution in [1.82, 2.24) is 20.6 Å². The fourth-order valence-corrected chi connectivity index (χ4v) is 4.61. The summed E-state index contributed by atoms with van der Waals surface area (Å²) in [5.74, 6) is 1.50. The van der Waals surface area contributed by atoms with Crippen molar-refractivity contribution in [2.45, 2.75) is 13.1 Å². The fourth-order valence-electron chi connectivity index (χ4n) is 4.07. The Morgan fingerprint density at radius 2 is 1.12 bits per heavy atom. The number of hydrogen-bond acceptors (Lipinski definition) is 5. The van der Waals surface area contributed by atoms with Crippen molar-refractivity contribution in [1.29, 1.82) is 0 Å². The van der Waals surface area contributed by atoms with Gasteiger partial charge in [0.15, 0.2) is 0 Å². The van der Waals surface area contributed by atoms with Crippen LogP contribution in [0.15, 0.2) is 126 Å². The van der Waals surface area contributed by atoms with Gasteiger partial charge in [0.05, 0.1) is 4.47 Å². The molecule has 7 heteroatoms. The molecule has 2 heterocycles. The monoisotopic (exact) mass is 628 g/mol. The zero-order valence-electron chi connectivity index (χ0n) is 22.8. The molecule has 0 aliphatic carbocycles. The number of nitrogens with zero attached hydrogens (tertiary/aromatic N) is 2. The molecule has 5 rings (SSSR count). The minimum Gasteiger partial charge on any atom is -0.491 e. The van der Waals surface area contributed by atoms with E-state index in [2.05, 4.69) is 72.9 Å². The normalized spacial score (nSPS) is 10.5. The largest absolute Gasteiger partial charge is 0.491 e. The van der Waals surface area contributed by atoms with Gasteiger partial charge in [0.2, 0.25) is 0 Å². The van der Waals surface area contributed by atoms with Gasteiger partial charge in [0.1, 0.15) is 12.4 Å². The molecule has 2 aromatic heterocycles. The van der Waals surface area contributed by atoms with E-state index < -0.39 is 0 Å². The highest BCUT2D eigenvalue weighted by Gasteiger charge is 2.02. The lowest BCUT2D eigenvalue weighted by molar-refractivity contribution is 0.312. The third kappa shape index (κ3) is 10.4. The van der Waals surface area contributed by atoms with E-state index in [0.717, 1.165) is 53.1 Å².